The molecule has 1 heterocycles. The second kappa shape index (κ2) is 8.62. The van der Waals surface area contributed by atoms with E-state index in [9.17, 15) is 23.2 Å². The zero-order valence-electron chi connectivity index (χ0n) is 17.6. The van der Waals surface area contributed by atoms with Crippen molar-refractivity contribution in [2.24, 2.45) is 0 Å². The molecule has 0 bridgehead atoms. The fourth-order valence-electron chi connectivity index (χ4n) is 3.42. The van der Waals surface area contributed by atoms with Gasteiger partial charge in [-0.05, 0) is 49.4 Å². The molecule has 1 N–H and O–H groups in total. The number of amides is 1. The van der Waals surface area contributed by atoms with Crippen LogP contribution in [0, 0.1) is 18.6 Å². The fourth-order valence-corrected chi connectivity index (χ4v) is 3.42. The zero-order chi connectivity index (χ0) is 23.7. The van der Waals surface area contributed by atoms with E-state index in [1.54, 1.807) is 43.3 Å². The number of ether oxygens (including phenoxy) is 1. The quantitative estimate of drug-likeness (QED) is 0.476. The third-order valence-corrected chi connectivity index (χ3v) is 5.04. The van der Waals surface area contributed by atoms with E-state index in [1.165, 1.54) is 16.7 Å². The first-order valence-electron chi connectivity index (χ1n) is 9.77. The van der Waals surface area contributed by atoms with E-state index in [4.69, 9.17) is 0 Å². The largest absolute Gasteiger partial charge is 0.465 e. The lowest BCUT2D eigenvalue weighted by Gasteiger charge is -2.12. The van der Waals surface area contributed by atoms with Crippen molar-refractivity contribution in [3.8, 4) is 5.69 Å². The van der Waals surface area contributed by atoms with Gasteiger partial charge in [0.1, 0.15) is 17.5 Å². The molecule has 4 aromatic rings. The highest BCUT2D eigenvalue weighted by Gasteiger charge is 2.18. The molecule has 7 nitrogen and oxygen atoms in total. The van der Waals surface area contributed by atoms with Crippen molar-refractivity contribution in [2.45, 2.75) is 6.92 Å². The summed E-state index contributed by atoms with van der Waals surface area (Å²) in [6.07, 6.45) is 0. The van der Waals surface area contributed by atoms with E-state index in [-0.39, 0.29) is 16.8 Å². The number of hydrogen-bond donors (Lipinski definition) is 1. The van der Waals surface area contributed by atoms with Crippen LogP contribution in [0.25, 0.3) is 16.6 Å². The van der Waals surface area contributed by atoms with Crippen molar-refractivity contribution < 1.29 is 23.1 Å². The van der Waals surface area contributed by atoms with Gasteiger partial charge in [0.05, 0.1) is 35.0 Å². The van der Waals surface area contributed by atoms with E-state index in [2.05, 4.69) is 15.0 Å². The topological polar surface area (TPSA) is 90.3 Å². The van der Waals surface area contributed by atoms with Crippen molar-refractivity contribution in [1.82, 2.24) is 9.55 Å². The number of halogens is 2. The first kappa shape index (κ1) is 21.8. The molecule has 0 saturated heterocycles. The zero-order valence-corrected chi connectivity index (χ0v) is 17.6. The molecule has 0 aliphatic heterocycles. The summed E-state index contributed by atoms with van der Waals surface area (Å²) in [5.41, 5.74) is 0.0913. The Morgan fingerprint density at radius 1 is 1.00 bits per heavy atom. The molecule has 1 aromatic heterocycles. The molecule has 0 unspecified atom stereocenters. The molecular weight excluding hydrogens is 432 g/mol. The first-order valence-corrected chi connectivity index (χ1v) is 9.77. The Morgan fingerprint density at radius 2 is 1.70 bits per heavy atom. The van der Waals surface area contributed by atoms with Gasteiger partial charge in [0.2, 0.25) is 0 Å². The van der Waals surface area contributed by atoms with Gasteiger partial charge in [-0.3, -0.25) is 14.2 Å². The average Bonchev–Trinajstić information content (AvgIpc) is 2.80. The summed E-state index contributed by atoms with van der Waals surface area (Å²) in [5.74, 6) is -3.37. The monoisotopic (exact) mass is 449 g/mol. The van der Waals surface area contributed by atoms with Crippen LogP contribution in [0.5, 0.6) is 0 Å². The van der Waals surface area contributed by atoms with Crippen molar-refractivity contribution in [3.05, 3.63) is 99.6 Å². The highest BCUT2D eigenvalue weighted by molar-refractivity contribution is 6.05. The highest BCUT2D eigenvalue weighted by Crippen LogP contribution is 2.21. The molecule has 0 aliphatic carbocycles. The normalized spacial score (nSPS) is 10.8. The summed E-state index contributed by atoms with van der Waals surface area (Å²) in [5, 5.41) is 2.77. The van der Waals surface area contributed by atoms with Gasteiger partial charge in [-0.2, -0.15) is 0 Å². The number of nitrogens with zero attached hydrogens (tertiary/aromatic N) is 2. The maximum Gasteiger partial charge on any atom is 0.340 e. The number of benzene rings is 3. The van der Waals surface area contributed by atoms with Gasteiger partial charge in [-0.15, -0.1) is 0 Å². The SMILES string of the molecule is COC(=O)c1cc(NC(=O)c2ccc(-n3c(C)nc4ccccc4c3=O)cc2)c(F)cc1F. The molecule has 0 spiro atoms. The Balaban J connectivity index is 1.64. The van der Waals surface area contributed by atoms with Crippen molar-refractivity contribution in [2.75, 3.05) is 12.4 Å². The molecular formula is C24H17F2N3O4. The number of carbonyl (C=O) groups is 2. The molecule has 33 heavy (non-hydrogen) atoms. The number of esters is 1. The summed E-state index contributed by atoms with van der Waals surface area (Å²) < 4.78 is 33.8. The smallest absolute Gasteiger partial charge is 0.340 e. The number of carbonyl (C=O) groups excluding carboxylic acids is 2. The third kappa shape index (κ3) is 4.08. The minimum atomic E-state index is -1.11. The Bertz CT molecular complexity index is 1460. The van der Waals surface area contributed by atoms with Crippen LogP contribution in [0.2, 0.25) is 0 Å². The number of nitrogens with one attached hydrogen (secondary N) is 1. The molecule has 9 heteroatoms. The maximum absolute atomic E-state index is 14.1. The Kier molecular flexibility index (Phi) is 5.70. The summed E-state index contributed by atoms with van der Waals surface area (Å²) in [4.78, 5) is 41.6. The van der Waals surface area contributed by atoms with Crippen LogP contribution in [0.4, 0.5) is 14.5 Å². The van der Waals surface area contributed by atoms with Crippen LogP contribution in [0.1, 0.15) is 26.5 Å². The number of anilines is 1. The number of para-hydroxylation sites is 1. The molecule has 1 amide bonds. The molecule has 3 aromatic carbocycles. The number of fused-ring (bicyclic) bond motifs is 1. The van der Waals surface area contributed by atoms with Crippen molar-refractivity contribution >= 4 is 28.5 Å². The molecule has 4 rings (SSSR count). The molecule has 166 valence electrons. The predicted molar refractivity (Wildman–Crippen MR) is 118 cm³/mol. The maximum atomic E-state index is 14.1. The van der Waals surface area contributed by atoms with E-state index < -0.39 is 29.1 Å². The van der Waals surface area contributed by atoms with Crippen LogP contribution >= 0.6 is 0 Å². The minimum Gasteiger partial charge on any atom is -0.465 e. The molecule has 0 radical (unpaired) electrons. The molecule has 0 fully saturated rings. The fraction of sp³-hybridized carbons (Fsp3) is 0.0833. The average molecular weight is 449 g/mol. The number of methoxy groups -OCH3 is 1. The van der Waals surface area contributed by atoms with Gasteiger partial charge >= 0.3 is 5.97 Å². The standard InChI is InChI=1S/C24H17F2N3O4/c1-13-27-20-6-4-3-5-16(20)23(31)29(13)15-9-7-14(8-10-15)22(30)28-21-11-17(24(32)33-2)18(25)12-19(21)26/h3-12H,1-2H3,(H,28,30). The summed E-state index contributed by atoms with van der Waals surface area (Å²) >= 11 is 0. The van der Waals surface area contributed by atoms with Crippen molar-refractivity contribution in [3.63, 3.8) is 0 Å². The lowest BCUT2D eigenvalue weighted by Crippen LogP contribution is -2.22. The van der Waals surface area contributed by atoms with E-state index in [0.29, 0.717) is 28.5 Å². The number of hydrogen-bond acceptors (Lipinski definition) is 5. The second-order valence-electron chi connectivity index (χ2n) is 7.12. The van der Waals surface area contributed by atoms with E-state index in [0.717, 1.165) is 13.2 Å². The summed E-state index contributed by atoms with van der Waals surface area (Å²) in [7, 11) is 1.06. The highest BCUT2D eigenvalue weighted by atomic mass is 19.1. The molecule has 0 aliphatic rings. The minimum absolute atomic E-state index is 0.154. The van der Waals surface area contributed by atoms with Crippen LogP contribution in [-0.2, 0) is 4.74 Å². The number of aryl methyl sites for hydroxylation is 1. The van der Waals surface area contributed by atoms with Gasteiger partial charge in [0.25, 0.3) is 11.5 Å². The van der Waals surface area contributed by atoms with Gasteiger partial charge in [-0.25, -0.2) is 18.6 Å². The van der Waals surface area contributed by atoms with Crippen LogP contribution < -0.4 is 10.9 Å². The van der Waals surface area contributed by atoms with Gasteiger partial charge in [0.15, 0.2) is 0 Å². The summed E-state index contributed by atoms with van der Waals surface area (Å²) in [6.45, 7) is 1.70. The number of rotatable bonds is 4. The van der Waals surface area contributed by atoms with Gasteiger partial charge in [0, 0.05) is 11.6 Å². The van der Waals surface area contributed by atoms with Crippen molar-refractivity contribution in [1.29, 1.82) is 0 Å². The second-order valence-corrected chi connectivity index (χ2v) is 7.12. The number of aromatic nitrogens is 2. The lowest BCUT2D eigenvalue weighted by molar-refractivity contribution is 0.0595. The van der Waals surface area contributed by atoms with Crippen LogP contribution in [-0.4, -0.2) is 28.5 Å². The van der Waals surface area contributed by atoms with E-state index >= 15 is 0 Å². The summed E-state index contributed by atoms with van der Waals surface area (Å²) in [6, 6.07) is 14.4. The van der Waals surface area contributed by atoms with Gasteiger partial charge in [-0.1, -0.05) is 12.1 Å². The Labute approximate surface area is 186 Å². The predicted octanol–water partition coefficient (Wildman–Crippen LogP) is 4.01. The lowest BCUT2D eigenvalue weighted by atomic mass is 10.1. The molecule has 0 atom stereocenters. The van der Waals surface area contributed by atoms with E-state index in [1.807, 2.05) is 0 Å². The van der Waals surface area contributed by atoms with Crippen LogP contribution in [0.15, 0.2) is 65.5 Å². The molecule has 0 saturated carbocycles. The Hall–Kier alpha value is -4.40. The first-order chi connectivity index (χ1) is 15.8. The third-order valence-electron chi connectivity index (χ3n) is 5.04. The van der Waals surface area contributed by atoms with Crippen LogP contribution in [0.3, 0.4) is 0 Å². The Morgan fingerprint density at radius 3 is 2.39 bits per heavy atom. The van der Waals surface area contributed by atoms with Gasteiger partial charge < -0.3 is 10.1 Å².